The summed E-state index contributed by atoms with van der Waals surface area (Å²) in [5, 5.41) is 0.620. The number of benzene rings is 1. The molecule has 1 saturated carbocycles. The van der Waals surface area contributed by atoms with Gasteiger partial charge in [-0.3, -0.25) is 9.69 Å². The smallest absolute Gasteiger partial charge is 0.257 e. The molecule has 148 valence electrons. The lowest BCUT2D eigenvalue weighted by atomic mass is 10.0. The minimum Gasteiger partial charge on any atom is -0.460 e. The Hall–Kier alpha value is -1.82. The summed E-state index contributed by atoms with van der Waals surface area (Å²) in [6.07, 6.45) is 2.64. The van der Waals surface area contributed by atoms with Gasteiger partial charge in [-0.2, -0.15) is 0 Å². The van der Waals surface area contributed by atoms with E-state index in [1.807, 2.05) is 42.2 Å². The van der Waals surface area contributed by atoms with Crippen LogP contribution in [0.1, 0.15) is 29.0 Å². The number of hydrogen-bond donors (Lipinski definition) is 0. The van der Waals surface area contributed by atoms with Crippen LogP contribution in [-0.4, -0.2) is 60.6 Å². The van der Waals surface area contributed by atoms with Gasteiger partial charge in [0.25, 0.3) is 5.91 Å². The number of amides is 1. The Morgan fingerprint density at radius 1 is 1.18 bits per heavy atom. The molecular weight excluding hydrogens is 376 g/mol. The van der Waals surface area contributed by atoms with Crippen LogP contribution in [0, 0.1) is 12.8 Å². The van der Waals surface area contributed by atoms with E-state index in [2.05, 4.69) is 4.90 Å². The number of nitrogens with zero attached hydrogens (tertiary/aromatic N) is 2. The molecule has 1 aromatic carbocycles. The molecule has 6 heteroatoms. The van der Waals surface area contributed by atoms with Gasteiger partial charge in [-0.05, 0) is 43.9 Å². The van der Waals surface area contributed by atoms with Gasteiger partial charge in [0, 0.05) is 31.2 Å². The minimum absolute atomic E-state index is 0.0350. The standard InChI is InChI=1S/C22H25ClN2O3/c1-14-18(10-21(28-14)17-4-2-3-5-19(17)23)22(26)24-8-9-25-16(11-24)12-27-13-20(25)15-6-7-15/h2-5,10,15-16,20H,6-9,11-13H2,1H3/t16-,20-/m1/s1. The van der Waals surface area contributed by atoms with Crippen molar-refractivity contribution in [2.75, 3.05) is 32.8 Å². The van der Waals surface area contributed by atoms with Crippen molar-refractivity contribution in [3.63, 3.8) is 0 Å². The Balaban J connectivity index is 1.34. The van der Waals surface area contributed by atoms with E-state index in [-0.39, 0.29) is 5.91 Å². The Bertz CT molecular complexity index is 892. The Morgan fingerprint density at radius 2 is 2.00 bits per heavy atom. The highest BCUT2D eigenvalue weighted by atomic mass is 35.5. The first kappa shape index (κ1) is 18.2. The van der Waals surface area contributed by atoms with Crippen LogP contribution in [0.25, 0.3) is 11.3 Å². The van der Waals surface area contributed by atoms with E-state index in [1.54, 1.807) is 0 Å². The lowest BCUT2D eigenvalue weighted by molar-refractivity contribution is -0.0816. The number of halogens is 1. The van der Waals surface area contributed by atoms with E-state index in [9.17, 15) is 4.79 Å². The third-order valence-electron chi connectivity index (χ3n) is 6.29. The van der Waals surface area contributed by atoms with Crippen molar-refractivity contribution in [2.24, 2.45) is 5.92 Å². The largest absolute Gasteiger partial charge is 0.460 e. The number of carbonyl (C=O) groups excluding carboxylic acids is 1. The van der Waals surface area contributed by atoms with Crippen molar-refractivity contribution < 1.29 is 13.9 Å². The molecule has 2 aromatic rings. The second-order valence-corrected chi connectivity index (χ2v) is 8.55. The van der Waals surface area contributed by atoms with Gasteiger partial charge in [0.05, 0.1) is 29.8 Å². The molecule has 3 heterocycles. The Morgan fingerprint density at radius 3 is 2.79 bits per heavy atom. The average Bonchev–Trinajstić information content (AvgIpc) is 3.49. The van der Waals surface area contributed by atoms with Gasteiger partial charge in [-0.25, -0.2) is 0 Å². The molecule has 28 heavy (non-hydrogen) atoms. The number of rotatable bonds is 3. The monoisotopic (exact) mass is 400 g/mol. The van der Waals surface area contributed by atoms with E-state index in [0.29, 0.717) is 47.3 Å². The third-order valence-corrected chi connectivity index (χ3v) is 6.62. The summed E-state index contributed by atoms with van der Waals surface area (Å²) in [5.41, 5.74) is 1.43. The zero-order valence-corrected chi connectivity index (χ0v) is 16.8. The molecule has 1 amide bonds. The first-order valence-corrected chi connectivity index (χ1v) is 10.5. The van der Waals surface area contributed by atoms with Gasteiger partial charge in [0.1, 0.15) is 11.5 Å². The van der Waals surface area contributed by atoms with Crippen LogP contribution >= 0.6 is 11.6 Å². The fourth-order valence-corrected chi connectivity index (χ4v) is 4.83. The number of hydrogen-bond acceptors (Lipinski definition) is 4. The van der Waals surface area contributed by atoms with Crippen molar-refractivity contribution in [1.29, 1.82) is 0 Å². The molecular formula is C22H25ClN2O3. The Kier molecular flexibility index (Phi) is 4.69. The normalized spacial score (nSPS) is 25.6. The molecule has 2 atom stereocenters. The van der Waals surface area contributed by atoms with Gasteiger partial charge < -0.3 is 14.1 Å². The summed E-state index contributed by atoms with van der Waals surface area (Å²) < 4.78 is 11.8. The number of fused-ring (bicyclic) bond motifs is 1. The van der Waals surface area contributed by atoms with Gasteiger partial charge in [-0.1, -0.05) is 23.7 Å². The van der Waals surface area contributed by atoms with Gasteiger partial charge >= 0.3 is 0 Å². The zero-order chi connectivity index (χ0) is 19.3. The summed E-state index contributed by atoms with van der Waals surface area (Å²) in [4.78, 5) is 17.8. The molecule has 5 rings (SSSR count). The number of carbonyl (C=O) groups is 1. The van der Waals surface area contributed by atoms with E-state index in [4.69, 9.17) is 20.8 Å². The van der Waals surface area contributed by atoms with E-state index < -0.39 is 0 Å². The Labute approximate surface area is 170 Å². The molecule has 3 aliphatic rings. The SMILES string of the molecule is Cc1oc(-c2ccccc2Cl)cc1C(=O)N1CCN2[C@@H](COC[C@@H]2C2CC2)C1. The maximum absolute atomic E-state index is 13.2. The van der Waals surface area contributed by atoms with E-state index in [0.717, 1.165) is 31.2 Å². The lowest BCUT2D eigenvalue weighted by Crippen LogP contribution is -2.63. The first-order valence-electron chi connectivity index (χ1n) is 10.1. The quantitative estimate of drug-likeness (QED) is 0.785. The summed E-state index contributed by atoms with van der Waals surface area (Å²) in [7, 11) is 0. The minimum atomic E-state index is 0.0350. The highest BCUT2D eigenvalue weighted by Gasteiger charge is 2.43. The van der Waals surface area contributed by atoms with Crippen molar-refractivity contribution in [3.8, 4) is 11.3 Å². The number of piperazine rings is 1. The molecule has 0 unspecified atom stereocenters. The third kappa shape index (κ3) is 3.25. The fourth-order valence-electron chi connectivity index (χ4n) is 4.61. The van der Waals surface area contributed by atoms with Crippen LogP contribution in [0.2, 0.25) is 5.02 Å². The molecule has 5 nitrogen and oxygen atoms in total. The van der Waals surface area contributed by atoms with Crippen molar-refractivity contribution in [2.45, 2.75) is 31.8 Å². The van der Waals surface area contributed by atoms with Crippen molar-refractivity contribution >= 4 is 17.5 Å². The summed E-state index contributed by atoms with van der Waals surface area (Å²) >= 11 is 6.29. The topological polar surface area (TPSA) is 45.9 Å². The molecule has 0 spiro atoms. The number of aryl methyl sites for hydroxylation is 1. The van der Waals surface area contributed by atoms with Crippen LogP contribution < -0.4 is 0 Å². The molecule has 0 radical (unpaired) electrons. The fraction of sp³-hybridized carbons (Fsp3) is 0.500. The predicted octanol–water partition coefficient (Wildman–Crippen LogP) is 3.84. The van der Waals surface area contributed by atoms with Gasteiger partial charge in [-0.15, -0.1) is 0 Å². The van der Waals surface area contributed by atoms with Crippen LogP contribution in [0.4, 0.5) is 0 Å². The molecule has 1 aliphatic carbocycles. The second-order valence-electron chi connectivity index (χ2n) is 8.15. The average molecular weight is 401 g/mol. The lowest BCUT2D eigenvalue weighted by Gasteiger charge is -2.48. The molecule has 3 fully saturated rings. The van der Waals surface area contributed by atoms with E-state index in [1.165, 1.54) is 12.8 Å². The number of furan rings is 1. The molecule has 0 N–H and O–H groups in total. The second kappa shape index (κ2) is 7.21. The van der Waals surface area contributed by atoms with Crippen LogP contribution in [0.3, 0.4) is 0 Å². The number of ether oxygens (including phenoxy) is 1. The van der Waals surface area contributed by atoms with Crippen LogP contribution in [0.15, 0.2) is 34.7 Å². The van der Waals surface area contributed by atoms with Crippen LogP contribution in [-0.2, 0) is 4.74 Å². The zero-order valence-electron chi connectivity index (χ0n) is 16.1. The summed E-state index contributed by atoms with van der Waals surface area (Å²) in [5.74, 6) is 2.10. The van der Waals surface area contributed by atoms with E-state index >= 15 is 0 Å². The summed E-state index contributed by atoms with van der Waals surface area (Å²) in [6, 6.07) is 10.2. The highest BCUT2D eigenvalue weighted by molar-refractivity contribution is 6.33. The first-order chi connectivity index (χ1) is 13.6. The van der Waals surface area contributed by atoms with Crippen LogP contribution in [0.5, 0.6) is 0 Å². The maximum atomic E-state index is 13.2. The maximum Gasteiger partial charge on any atom is 0.257 e. The molecule has 2 saturated heterocycles. The molecule has 0 bridgehead atoms. The van der Waals surface area contributed by atoms with Gasteiger partial charge in [0.15, 0.2) is 0 Å². The van der Waals surface area contributed by atoms with Crippen molar-refractivity contribution in [1.82, 2.24) is 9.80 Å². The molecule has 2 aliphatic heterocycles. The van der Waals surface area contributed by atoms with Crippen molar-refractivity contribution in [3.05, 3.63) is 46.7 Å². The predicted molar refractivity (Wildman–Crippen MR) is 108 cm³/mol. The number of morpholine rings is 1. The highest BCUT2D eigenvalue weighted by Crippen LogP contribution is 2.38. The molecule has 1 aromatic heterocycles. The summed E-state index contributed by atoms with van der Waals surface area (Å²) in [6.45, 7) is 5.80. The van der Waals surface area contributed by atoms with Gasteiger partial charge in [0.2, 0.25) is 0 Å².